The second-order valence-corrected chi connectivity index (χ2v) is 8.69. The molecule has 0 unspecified atom stereocenters. The van der Waals surface area contributed by atoms with E-state index in [-0.39, 0.29) is 12.5 Å². The van der Waals surface area contributed by atoms with Crippen molar-refractivity contribution in [3.8, 4) is 10.7 Å². The number of nitrogens with one attached hydrogen (secondary N) is 2. The van der Waals surface area contributed by atoms with E-state index in [1.165, 1.54) is 16.5 Å². The van der Waals surface area contributed by atoms with E-state index in [1.807, 2.05) is 22.4 Å². The summed E-state index contributed by atoms with van der Waals surface area (Å²) in [4.78, 5) is 19.3. The molecule has 4 heterocycles. The van der Waals surface area contributed by atoms with Crippen LogP contribution in [0.5, 0.6) is 0 Å². The summed E-state index contributed by atoms with van der Waals surface area (Å²) >= 11 is 6.95. The van der Waals surface area contributed by atoms with Crippen molar-refractivity contribution in [2.75, 3.05) is 13.1 Å². The number of nitrogens with zero attached hydrogens (tertiary/aromatic N) is 3. The van der Waals surface area contributed by atoms with E-state index >= 15 is 0 Å². The van der Waals surface area contributed by atoms with Gasteiger partial charge in [0.15, 0.2) is 10.6 Å². The Morgan fingerprint density at radius 3 is 2.83 bits per heavy atom. The second-order valence-electron chi connectivity index (χ2n) is 7.36. The molecule has 1 saturated heterocycles. The molecule has 2 N–H and O–H groups in total. The van der Waals surface area contributed by atoms with Gasteiger partial charge in [0.2, 0.25) is 5.91 Å². The summed E-state index contributed by atoms with van der Waals surface area (Å²) in [6.45, 7) is 1.76. The Balaban J connectivity index is 1.28. The van der Waals surface area contributed by atoms with Gasteiger partial charge >= 0.3 is 0 Å². The lowest BCUT2D eigenvalue weighted by atomic mass is 9.89. The van der Waals surface area contributed by atoms with Crippen LogP contribution in [0.4, 0.5) is 0 Å². The molecule has 1 aliphatic rings. The van der Waals surface area contributed by atoms with Crippen LogP contribution in [0.3, 0.4) is 0 Å². The van der Waals surface area contributed by atoms with E-state index in [4.69, 9.17) is 12.2 Å². The van der Waals surface area contributed by atoms with Gasteiger partial charge in [0, 0.05) is 30.2 Å². The topological polar surface area (TPSA) is 69.7 Å². The number of fused-ring (bicyclic) bond motifs is 1. The molecule has 148 valence electrons. The van der Waals surface area contributed by atoms with Crippen LogP contribution in [0.25, 0.3) is 21.6 Å². The summed E-state index contributed by atoms with van der Waals surface area (Å²) in [5, 5.41) is 10.4. The zero-order valence-electron chi connectivity index (χ0n) is 15.8. The summed E-state index contributed by atoms with van der Waals surface area (Å²) in [7, 11) is 0. The molecule has 4 aromatic rings. The molecular weight excluding hydrogens is 402 g/mol. The van der Waals surface area contributed by atoms with Crippen molar-refractivity contribution in [1.82, 2.24) is 24.6 Å². The molecule has 1 amide bonds. The number of rotatable bonds is 4. The molecule has 8 heteroatoms. The highest BCUT2D eigenvalue weighted by atomic mass is 32.1. The van der Waals surface area contributed by atoms with Gasteiger partial charge in [-0.2, -0.15) is 5.10 Å². The SMILES string of the molecule is O=C(Cn1c(-c2cccs2)n[nH]c1=S)N1CCC(c2c[nH]c3ccccc23)CC1. The Morgan fingerprint density at radius 1 is 1.21 bits per heavy atom. The molecule has 3 aromatic heterocycles. The molecule has 0 atom stereocenters. The molecule has 29 heavy (non-hydrogen) atoms. The average molecular weight is 424 g/mol. The molecule has 6 nitrogen and oxygen atoms in total. The molecule has 1 fully saturated rings. The Labute approximate surface area is 177 Å². The average Bonchev–Trinajstić information content (AvgIpc) is 3.49. The predicted molar refractivity (Wildman–Crippen MR) is 118 cm³/mol. The van der Waals surface area contributed by atoms with Gasteiger partial charge in [-0.15, -0.1) is 11.3 Å². The zero-order valence-corrected chi connectivity index (χ0v) is 17.4. The van der Waals surface area contributed by atoms with Crippen LogP contribution in [0.1, 0.15) is 24.3 Å². The zero-order chi connectivity index (χ0) is 19.8. The minimum atomic E-state index is 0.0951. The molecule has 0 bridgehead atoms. The van der Waals surface area contributed by atoms with E-state index in [1.54, 1.807) is 15.9 Å². The van der Waals surface area contributed by atoms with Crippen molar-refractivity contribution in [1.29, 1.82) is 0 Å². The number of benzene rings is 1. The number of aromatic nitrogens is 4. The monoisotopic (exact) mass is 423 g/mol. The molecular formula is C21H21N5OS2. The van der Waals surface area contributed by atoms with Crippen LogP contribution in [-0.2, 0) is 11.3 Å². The number of carbonyl (C=O) groups is 1. The molecule has 0 radical (unpaired) electrons. The first-order chi connectivity index (χ1) is 14.2. The normalized spacial score (nSPS) is 15.2. The molecule has 1 aromatic carbocycles. The summed E-state index contributed by atoms with van der Waals surface area (Å²) in [5.74, 6) is 1.30. The van der Waals surface area contributed by atoms with E-state index < -0.39 is 0 Å². The maximum Gasteiger partial charge on any atom is 0.242 e. The fourth-order valence-electron chi connectivity index (χ4n) is 4.17. The smallest absolute Gasteiger partial charge is 0.242 e. The van der Waals surface area contributed by atoms with Gasteiger partial charge in [0.1, 0.15) is 6.54 Å². The van der Waals surface area contributed by atoms with Gasteiger partial charge in [-0.25, -0.2) is 0 Å². The quantitative estimate of drug-likeness (QED) is 0.473. The maximum absolute atomic E-state index is 13.0. The van der Waals surface area contributed by atoms with Gasteiger partial charge < -0.3 is 9.88 Å². The van der Waals surface area contributed by atoms with Gasteiger partial charge in [0.05, 0.1) is 4.88 Å². The summed E-state index contributed by atoms with van der Waals surface area (Å²) in [6, 6.07) is 12.4. The van der Waals surface area contributed by atoms with Gasteiger partial charge in [-0.1, -0.05) is 24.3 Å². The Morgan fingerprint density at radius 2 is 2.03 bits per heavy atom. The largest absolute Gasteiger partial charge is 0.361 e. The van der Waals surface area contributed by atoms with Gasteiger partial charge in [-0.3, -0.25) is 14.5 Å². The number of hydrogen-bond donors (Lipinski definition) is 2. The van der Waals surface area contributed by atoms with Gasteiger partial charge in [0.25, 0.3) is 0 Å². The van der Waals surface area contributed by atoms with E-state index in [9.17, 15) is 4.79 Å². The molecule has 1 aliphatic heterocycles. The van der Waals surface area contributed by atoms with E-state index in [0.29, 0.717) is 10.7 Å². The number of piperidine rings is 1. The van der Waals surface area contributed by atoms with Crippen LogP contribution >= 0.6 is 23.6 Å². The minimum Gasteiger partial charge on any atom is -0.361 e. The highest BCUT2D eigenvalue weighted by Crippen LogP contribution is 2.33. The number of amides is 1. The highest BCUT2D eigenvalue weighted by molar-refractivity contribution is 7.71. The third kappa shape index (κ3) is 3.42. The van der Waals surface area contributed by atoms with Crippen molar-refractivity contribution in [3.05, 3.63) is 58.3 Å². The van der Waals surface area contributed by atoms with E-state index in [0.717, 1.165) is 36.6 Å². The lowest BCUT2D eigenvalue weighted by Crippen LogP contribution is -2.39. The molecule has 0 saturated carbocycles. The van der Waals surface area contributed by atoms with Crippen LogP contribution < -0.4 is 0 Å². The van der Waals surface area contributed by atoms with Crippen molar-refractivity contribution < 1.29 is 4.79 Å². The minimum absolute atomic E-state index is 0.0951. The predicted octanol–water partition coefficient (Wildman–Crippen LogP) is 4.56. The lowest BCUT2D eigenvalue weighted by Gasteiger charge is -2.32. The molecule has 0 spiro atoms. The maximum atomic E-state index is 13.0. The van der Waals surface area contributed by atoms with Crippen molar-refractivity contribution in [3.63, 3.8) is 0 Å². The number of hydrogen-bond acceptors (Lipinski definition) is 4. The first-order valence-electron chi connectivity index (χ1n) is 9.73. The Kier molecular flexibility index (Phi) is 4.81. The number of aromatic amines is 2. The number of para-hydroxylation sites is 1. The molecule has 0 aliphatic carbocycles. The van der Waals surface area contributed by atoms with Crippen LogP contribution in [0.2, 0.25) is 0 Å². The Bertz CT molecular complexity index is 1200. The summed E-state index contributed by atoms with van der Waals surface area (Å²) < 4.78 is 2.28. The first kappa shape index (κ1) is 18.3. The third-order valence-corrected chi connectivity index (χ3v) is 6.88. The third-order valence-electron chi connectivity index (χ3n) is 5.70. The number of carbonyl (C=O) groups excluding carboxylic acids is 1. The number of thiophene rings is 1. The Hall–Kier alpha value is -2.71. The summed E-state index contributed by atoms with van der Waals surface area (Å²) in [6.07, 6.45) is 4.08. The number of H-pyrrole nitrogens is 2. The standard InChI is InChI=1S/C21H21N5OS2/c27-19(13-26-20(23-24-21(26)28)18-6-3-11-29-18)25-9-7-14(8-10-25)16-12-22-17-5-2-1-4-15(16)17/h1-6,11-12,14,22H,7-10,13H2,(H,24,28). The van der Waals surface area contributed by atoms with Crippen molar-refractivity contribution in [2.45, 2.75) is 25.3 Å². The van der Waals surface area contributed by atoms with Gasteiger partial charge in [-0.05, 0) is 54.1 Å². The lowest BCUT2D eigenvalue weighted by molar-refractivity contribution is -0.132. The number of likely N-dealkylation sites (tertiary alicyclic amines) is 1. The van der Waals surface area contributed by atoms with Crippen LogP contribution in [-0.4, -0.2) is 43.6 Å². The van der Waals surface area contributed by atoms with E-state index in [2.05, 4.69) is 45.6 Å². The van der Waals surface area contributed by atoms with Crippen molar-refractivity contribution in [2.24, 2.45) is 0 Å². The van der Waals surface area contributed by atoms with Crippen LogP contribution in [0.15, 0.2) is 48.0 Å². The first-order valence-corrected chi connectivity index (χ1v) is 11.0. The fraction of sp³-hybridized carbons (Fsp3) is 0.286. The van der Waals surface area contributed by atoms with Crippen molar-refractivity contribution >= 4 is 40.4 Å². The second kappa shape index (κ2) is 7.61. The fourth-order valence-corrected chi connectivity index (χ4v) is 5.08. The van der Waals surface area contributed by atoms with Crippen LogP contribution in [0, 0.1) is 4.77 Å². The molecule has 5 rings (SSSR count). The highest BCUT2D eigenvalue weighted by Gasteiger charge is 2.26. The summed E-state index contributed by atoms with van der Waals surface area (Å²) in [5.41, 5.74) is 2.54.